The Labute approximate surface area is 180 Å². The molecule has 0 fully saturated rings. The van der Waals surface area contributed by atoms with Crippen LogP contribution in [0.25, 0.3) is 11.4 Å². The van der Waals surface area contributed by atoms with Gasteiger partial charge < -0.3 is 30.4 Å². The van der Waals surface area contributed by atoms with E-state index >= 15 is 0 Å². The molecule has 31 heavy (non-hydrogen) atoms. The van der Waals surface area contributed by atoms with Crippen molar-refractivity contribution in [1.29, 1.82) is 0 Å². The first-order valence-corrected chi connectivity index (χ1v) is 9.85. The van der Waals surface area contributed by atoms with Gasteiger partial charge in [0.05, 0.1) is 14.2 Å². The summed E-state index contributed by atoms with van der Waals surface area (Å²) in [6.45, 7) is 4.99. The number of ether oxygens (including phenoxy) is 2. The van der Waals surface area contributed by atoms with E-state index in [9.17, 15) is 4.79 Å². The summed E-state index contributed by atoms with van der Waals surface area (Å²) in [5.74, 6) is 1.94. The highest BCUT2D eigenvalue weighted by Gasteiger charge is 2.15. The maximum Gasteiger partial charge on any atom is 0.251 e. The molecule has 164 valence electrons. The molecule has 0 saturated carbocycles. The maximum atomic E-state index is 12.8. The van der Waals surface area contributed by atoms with Crippen molar-refractivity contribution in [1.82, 2.24) is 15.5 Å². The average Bonchev–Trinajstić information content (AvgIpc) is 3.22. The molecule has 0 aliphatic carbocycles. The highest BCUT2D eigenvalue weighted by atomic mass is 16.5. The van der Waals surface area contributed by atoms with E-state index in [1.54, 1.807) is 33.3 Å². The van der Waals surface area contributed by atoms with Gasteiger partial charge in [-0.2, -0.15) is 4.98 Å². The van der Waals surface area contributed by atoms with Crippen molar-refractivity contribution < 1.29 is 18.8 Å². The third-order valence-electron chi connectivity index (χ3n) is 4.81. The van der Waals surface area contributed by atoms with Gasteiger partial charge in [0, 0.05) is 48.9 Å². The number of benzene rings is 2. The van der Waals surface area contributed by atoms with E-state index in [0.29, 0.717) is 48.4 Å². The monoisotopic (exact) mass is 425 g/mol. The van der Waals surface area contributed by atoms with Gasteiger partial charge in [-0.3, -0.25) is 4.79 Å². The number of carbonyl (C=O) groups excluding carboxylic acids is 1. The van der Waals surface area contributed by atoms with Crippen molar-refractivity contribution in [3.05, 3.63) is 52.9 Å². The number of aryl methyl sites for hydroxylation is 1. The Kier molecular flexibility index (Phi) is 7.09. The molecule has 9 nitrogen and oxygen atoms in total. The first-order valence-electron chi connectivity index (χ1n) is 9.85. The Morgan fingerprint density at radius 1 is 1.13 bits per heavy atom. The number of nitrogens with two attached hydrogens (primary N) is 1. The predicted molar refractivity (Wildman–Crippen MR) is 117 cm³/mol. The van der Waals surface area contributed by atoms with Crippen LogP contribution >= 0.6 is 0 Å². The number of methoxy groups -OCH3 is 2. The number of hydrogen-bond donors (Lipinski definition) is 3. The lowest BCUT2D eigenvalue weighted by atomic mass is 10.1. The van der Waals surface area contributed by atoms with E-state index in [0.717, 1.165) is 22.4 Å². The molecule has 0 radical (unpaired) electrons. The molecule has 1 amide bonds. The van der Waals surface area contributed by atoms with Crippen molar-refractivity contribution in [3.8, 4) is 22.9 Å². The van der Waals surface area contributed by atoms with E-state index < -0.39 is 0 Å². The maximum absolute atomic E-state index is 12.8. The lowest BCUT2D eigenvalue weighted by Gasteiger charge is -2.15. The summed E-state index contributed by atoms with van der Waals surface area (Å²) in [5, 5.41) is 10.2. The van der Waals surface area contributed by atoms with Crippen molar-refractivity contribution in [2.24, 2.45) is 5.73 Å². The lowest BCUT2D eigenvalue weighted by Crippen LogP contribution is -2.24. The molecule has 3 aromatic rings. The summed E-state index contributed by atoms with van der Waals surface area (Å²) in [4.78, 5) is 17.0. The average molecular weight is 425 g/mol. The van der Waals surface area contributed by atoms with Gasteiger partial charge >= 0.3 is 0 Å². The molecule has 0 atom stereocenters. The zero-order valence-corrected chi connectivity index (χ0v) is 18.1. The van der Waals surface area contributed by atoms with Crippen LogP contribution in [-0.2, 0) is 6.54 Å². The summed E-state index contributed by atoms with van der Waals surface area (Å²) < 4.78 is 15.8. The van der Waals surface area contributed by atoms with E-state index in [2.05, 4.69) is 20.8 Å². The standard InChI is InChI=1S/C22H27N5O4/c1-13-19(29-3)10-17(11-20(13)30-4)22(28)25-12-16-6-5-15(9-18(16)24-8-7-23)21-26-14(2)31-27-21/h5-6,9-11,24H,7-8,12,23H2,1-4H3,(H,25,28). The van der Waals surface area contributed by atoms with E-state index in [1.807, 2.05) is 25.1 Å². The molecule has 0 spiro atoms. The molecule has 1 aromatic heterocycles. The molecule has 3 rings (SSSR count). The van der Waals surface area contributed by atoms with Crippen LogP contribution < -0.4 is 25.8 Å². The van der Waals surface area contributed by atoms with Crippen LogP contribution in [0.4, 0.5) is 5.69 Å². The third-order valence-corrected chi connectivity index (χ3v) is 4.81. The molecule has 0 unspecified atom stereocenters. The normalized spacial score (nSPS) is 10.6. The second kappa shape index (κ2) is 9.94. The van der Waals surface area contributed by atoms with Gasteiger partial charge in [-0.1, -0.05) is 17.3 Å². The highest BCUT2D eigenvalue weighted by Crippen LogP contribution is 2.29. The molecule has 1 heterocycles. The van der Waals surface area contributed by atoms with Gasteiger partial charge in [-0.05, 0) is 30.7 Å². The molecular weight excluding hydrogens is 398 g/mol. The number of aromatic nitrogens is 2. The summed E-state index contributed by atoms with van der Waals surface area (Å²) in [6.07, 6.45) is 0. The molecule has 0 aliphatic heterocycles. The largest absolute Gasteiger partial charge is 0.496 e. The van der Waals surface area contributed by atoms with E-state index in [1.165, 1.54) is 0 Å². The number of hydrogen-bond acceptors (Lipinski definition) is 8. The molecule has 0 saturated heterocycles. The highest BCUT2D eigenvalue weighted by molar-refractivity contribution is 5.95. The van der Waals surface area contributed by atoms with Crippen LogP contribution in [0, 0.1) is 13.8 Å². The zero-order valence-electron chi connectivity index (χ0n) is 18.1. The number of rotatable bonds is 9. The quantitative estimate of drug-likeness (QED) is 0.478. The zero-order chi connectivity index (χ0) is 22.4. The number of amides is 1. The number of anilines is 1. The van der Waals surface area contributed by atoms with Crippen LogP contribution in [0.3, 0.4) is 0 Å². The van der Waals surface area contributed by atoms with Gasteiger partial charge in [0.1, 0.15) is 11.5 Å². The van der Waals surface area contributed by atoms with Crippen LogP contribution in [0.2, 0.25) is 0 Å². The Morgan fingerprint density at radius 3 is 2.42 bits per heavy atom. The minimum absolute atomic E-state index is 0.237. The molecule has 0 bridgehead atoms. The summed E-state index contributed by atoms with van der Waals surface area (Å²) in [6, 6.07) is 9.11. The Balaban J connectivity index is 1.81. The van der Waals surface area contributed by atoms with Crippen molar-refractivity contribution in [2.75, 3.05) is 32.6 Å². The van der Waals surface area contributed by atoms with Gasteiger partial charge in [-0.15, -0.1) is 0 Å². The van der Waals surface area contributed by atoms with Crippen molar-refractivity contribution in [3.63, 3.8) is 0 Å². The summed E-state index contributed by atoms with van der Waals surface area (Å²) in [7, 11) is 3.12. The summed E-state index contributed by atoms with van der Waals surface area (Å²) >= 11 is 0. The molecule has 2 aromatic carbocycles. The predicted octanol–water partition coefficient (Wildman–Crippen LogP) is 2.67. The molecule has 9 heteroatoms. The fraction of sp³-hybridized carbons (Fsp3) is 0.318. The SMILES string of the molecule is COc1cc(C(=O)NCc2ccc(-c3noc(C)n3)cc2NCCN)cc(OC)c1C. The number of carbonyl (C=O) groups is 1. The fourth-order valence-corrected chi connectivity index (χ4v) is 3.15. The van der Waals surface area contributed by atoms with Gasteiger partial charge in [0.15, 0.2) is 0 Å². The van der Waals surface area contributed by atoms with Gasteiger partial charge in [0.2, 0.25) is 11.7 Å². The third kappa shape index (κ3) is 5.13. The van der Waals surface area contributed by atoms with E-state index in [-0.39, 0.29) is 5.91 Å². The Morgan fingerprint density at radius 2 is 1.84 bits per heavy atom. The first-order chi connectivity index (χ1) is 15.0. The van der Waals surface area contributed by atoms with Crippen molar-refractivity contribution >= 4 is 11.6 Å². The fourth-order valence-electron chi connectivity index (χ4n) is 3.15. The van der Waals surface area contributed by atoms with Gasteiger partial charge in [-0.25, -0.2) is 0 Å². The smallest absolute Gasteiger partial charge is 0.251 e. The van der Waals surface area contributed by atoms with Gasteiger partial charge in [0.25, 0.3) is 5.91 Å². The number of nitrogens with one attached hydrogen (secondary N) is 2. The van der Waals surface area contributed by atoms with Crippen LogP contribution in [0.5, 0.6) is 11.5 Å². The second-order valence-electron chi connectivity index (χ2n) is 6.91. The topological polar surface area (TPSA) is 125 Å². The molecule has 0 aliphatic rings. The van der Waals surface area contributed by atoms with Crippen LogP contribution in [-0.4, -0.2) is 43.4 Å². The van der Waals surface area contributed by atoms with Crippen molar-refractivity contribution in [2.45, 2.75) is 20.4 Å². The Hall–Kier alpha value is -3.59. The molecular formula is C22H27N5O4. The minimum atomic E-state index is -0.237. The minimum Gasteiger partial charge on any atom is -0.496 e. The summed E-state index contributed by atoms with van der Waals surface area (Å²) in [5.41, 5.74) is 9.48. The second-order valence-corrected chi connectivity index (χ2v) is 6.91. The van der Waals surface area contributed by atoms with Crippen LogP contribution in [0.1, 0.15) is 27.4 Å². The van der Waals surface area contributed by atoms with E-state index in [4.69, 9.17) is 19.7 Å². The number of nitrogens with zero attached hydrogens (tertiary/aromatic N) is 2. The first kappa shape index (κ1) is 22.1. The van der Waals surface area contributed by atoms with Crippen LogP contribution in [0.15, 0.2) is 34.9 Å². The lowest BCUT2D eigenvalue weighted by molar-refractivity contribution is 0.0950. The Bertz CT molecular complexity index is 1040. The molecule has 4 N–H and O–H groups in total.